The minimum Gasteiger partial charge on any atom is -0.507 e. The predicted octanol–water partition coefficient (Wildman–Crippen LogP) is 5.26. The Balaban J connectivity index is 2.08. The number of nitrogens with zero attached hydrogens (tertiary/aromatic N) is 1. The smallest absolute Gasteiger partial charge is 0.319 e. The minimum absolute atomic E-state index is 0.0427. The molecule has 0 aliphatic heterocycles. The summed E-state index contributed by atoms with van der Waals surface area (Å²) in [6.45, 7) is 12.5. The highest BCUT2D eigenvalue weighted by atomic mass is 16.6. The summed E-state index contributed by atoms with van der Waals surface area (Å²) in [5, 5.41) is 27.1. The molecule has 30 heavy (non-hydrogen) atoms. The highest BCUT2D eigenvalue weighted by molar-refractivity contribution is 5.89. The largest absolute Gasteiger partial charge is 0.507 e. The van der Waals surface area contributed by atoms with Crippen LogP contribution in [0.2, 0.25) is 0 Å². The number of rotatable bonds is 5. The molecule has 7 nitrogen and oxygen atoms in total. The van der Waals surface area contributed by atoms with Gasteiger partial charge in [-0.15, -0.1) is 0 Å². The number of carbonyl (C=O) groups excluding carboxylic acids is 1. The van der Waals surface area contributed by atoms with Crippen molar-refractivity contribution in [1.29, 1.82) is 0 Å². The molecule has 0 heterocycles. The maximum atomic E-state index is 12.4. The normalized spacial score (nSPS) is 11.8. The van der Waals surface area contributed by atoms with Crippen molar-refractivity contribution in [2.24, 2.45) is 0 Å². The second kappa shape index (κ2) is 8.73. The molecule has 0 aliphatic rings. The van der Waals surface area contributed by atoms with Crippen LogP contribution in [0.1, 0.15) is 58.2 Å². The lowest BCUT2D eigenvalue weighted by molar-refractivity contribution is -0.384. The number of phenols is 1. The van der Waals surface area contributed by atoms with Gasteiger partial charge in [0.25, 0.3) is 5.69 Å². The molecular formula is C23H31N3O4. The Labute approximate surface area is 177 Å². The molecule has 0 atom stereocenters. The minimum atomic E-state index is -0.440. The molecule has 0 radical (unpaired) electrons. The number of nitro benzene ring substituents is 1. The van der Waals surface area contributed by atoms with E-state index in [1.807, 2.05) is 41.5 Å². The van der Waals surface area contributed by atoms with Crippen molar-refractivity contribution in [3.63, 3.8) is 0 Å². The lowest BCUT2D eigenvalue weighted by atomic mass is 9.79. The van der Waals surface area contributed by atoms with Crippen molar-refractivity contribution in [2.45, 2.75) is 58.8 Å². The number of carbonyl (C=O) groups is 1. The van der Waals surface area contributed by atoms with Gasteiger partial charge in [0.2, 0.25) is 0 Å². The maximum absolute atomic E-state index is 12.4. The molecule has 7 heteroatoms. The molecule has 0 spiro atoms. The Morgan fingerprint density at radius 3 is 1.93 bits per heavy atom. The number of phenolic OH excluding ortho intramolecular Hbond substituents is 1. The average molecular weight is 414 g/mol. The van der Waals surface area contributed by atoms with Crippen LogP contribution in [0.5, 0.6) is 5.75 Å². The van der Waals surface area contributed by atoms with Gasteiger partial charge in [0.1, 0.15) is 5.75 Å². The van der Waals surface area contributed by atoms with Gasteiger partial charge in [-0.3, -0.25) is 10.1 Å². The summed E-state index contributed by atoms with van der Waals surface area (Å²) in [5.41, 5.74) is 2.54. The fourth-order valence-corrected chi connectivity index (χ4v) is 3.13. The molecule has 3 N–H and O–H groups in total. The summed E-state index contributed by atoms with van der Waals surface area (Å²) in [4.78, 5) is 22.6. The van der Waals surface area contributed by atoms with Gasteiger partial charge >= 0.3 is 6.03 Å². The van der Waals surface area contributed by atoms with Gasteiger partial charge in [0.05, 0.1) is 4.92 Å². The van der Waals surface area contributed by atoms with Crippen LogP contribution in [0.4, 0.5) is 16.2 Å². The zero-order valence-electron chi connectivity index (χ0n) is 18.5. The van der Waals surface area contributed by atoms with E-state index >= 15 is 0 Å². The van der Waals surface area contributed by atoms with Crippen LogP contribution in [0.15, 0.2) is 36.4 Å². The predicted molar refractivity (Wildman–Crippen MR) is 119 cm³/mol. The molecule has 0 saturated carbocycles. The van der Waals surface area contributed by atoms with E-state index in [0.717, 1.165) is 16.7 Å². The highest BCUT2D eigenvalue weighted by Crippen LogP contribution is 2.41. The van der Waals surface area contributed by atoms with Crippen LogP contribution in [0.3, 0.4) is 0 Å². The first-order valence-corrected chi connectivity index (χ1v) is 9.95. The lowest BCUT2D eigenvalue weighted by Crippen LogP contribution is -2.30. The standard InChI is InChI=1S/C23H31N3O4/c1-22(2,3)18-13-16(14-19(20(18)27)23(4,5)6)25-21(28)24-12-11-15-7-9-17(10-8-15)26(29)30/h7-10,13-14,27H,11-12H2,1-6H3,(H2,24,25,28). The molecule has 0 aliphatic carbocycles. The van der Waals surface area contributed by atoms with Gasteiger partial charge in [-0.25, -0.2) is 4.79 Å². The zero-order chi connectivity index (χ0) is 22.7. The van der Waals surface area contributed by atoms with Crippen molar-refractivity contribution in [1.82, 2.24) is 5.32 Å². The van der Waals surface area contributed by atoms with Crippen LogP contribution in [0, 0.1) is 10.1 Å². The van der Waals surface area contributed by atoms with Crippen molar-refractivity contribution >= 4 is 17.4 Å². The van der Waals surface area contributed by atoms with E-state index < -0.39 is 4.92 Å². The van der Waals surface area contributed by atoms with E-state index in [2.05, 4.69) is 10.6 Å². The number of nitro groups is 1. The van der Waals surface area contributed by atoms with Gasteiger partial charge in [-0.05, 0) is 34.9 Å². The van der Waals surface area contributed by atoms with Crippen LogP contribution in [-0.2, 0) is 17.3 Å². The van der Waals surface area contributed by atoms with Gasteiger partial charge in [-0.1, -0.05) is 53.7 Å². The van der Waals surface area contributed by atoms with Crippen LogP contribution < -0.4 is 10.6 Å². The molecule has 162 valence electrons. The van der Waals surface area contributed by atoms with E-state index in [0.29, 0.717) is 18.7 Å². The quantitative estimate of drug-likeness (QED) is 0.353. The Bertz CT molecular complexity index is 888. The summed E-state index contributed by atoms with van der Waals surface area (Å²) in [6.07, 6.45) is 0.557. The SMILES string of the molecule is CC(C)(C)c1cc(NC(=O)NCCc2ccc([N+](=O)[O-])cc2)cc(C(C)(C)C)c1O. The molecule has 0 aromatic heterocycles. The molecule has 0 unspecified atom stereocenters. The van der Waals surface area contributed by atoms with E-state index in [-0.39, 0.29) is 28.3 Å². The second-order valence-electron chi connectivity index (χ2n) is 9.47. The Morgan fingerprint density at radius 2 is 1.50 bits per heavy atom. The molecule has 2 aromatic rings. The Hall–Kier alpha value is -3.09. The molecule has 2 amide bonds. The molecule has 2 rings (SSSR count). The third kappa shape index (κ3) is 5.95. The third-order valence-corrected chi connectivity index (χ3v) is 4.83. The van der Waals surface area contributed by atoms with Gasteiger partial charge < -0.3 is 15.7 Å². The molecular weight excluding hydrogens is 382 g/mol. The number of aromatic hydroxyl groups is 1. The molecule has 2 aromatic carbocycles. The Morgan fingerprint density at radius 1 is 1.00 bits per heavy atom. The summed E-state index contributed by atoms with van der Waals surface area (Å²) >= 11 is 0. The first-order chi connectivity index (χ1) is 13.8. The first kappa shape index (κ1) is 23.2. The van der Waals surface area contributed by atoms with Crippen LogP contribution in [0.25, 0.3) is 0 Å². The van der Waals surface area contributed by atoms with Crippen LogP contribution in [-0.4, -0.2) is 22.6 Å². The first-order valence-electron chi connectivity index (χ1n) is 9.95. The summed E-state index contributed by atoms with van der Waals surface area (Å²) in [7, 11) is 0. The van der Waals surface area contributed by atoms with Gasteiger partial charge in [0.15, 0.2) is 0 Å². The van der Waals surface area contributed by atoms with E-state index in [1.54, 1.807) is 24.3 Å². The van der Waals surface area contributed by atoms with Crippen molar-refractivity contribution in [3.05, 3.63) is 63.2 Å². The number of nitrogens with one attached hydrogen (secondary N) is 2. The highest BCUT2D eigenvalue weighted by Gasteiger charge is 2.26. The van der Waals surface area contributed by atoms with Crippen molar-refractivity contribution in [2.75, 3.05) is 11.9 Å². The van der Waals surface area contributed by atoms with Crippen molar-refractivity contribution in [3.8, 4) is 5.75 Å². The van der Waals surface area contributed by atoms with Crippen LogP contribution >= 0.6 is 0 Å². The molecule has 0 fully saturated rings. The third-order valence-electron chi connectivity index (χ3n) is 4.83. The Kier molecular flexibility index (Phi) is 6.75. The molecule has 0 bridgehead atoms. The maximum Gasteiger partial charge on any atom is 0.319 e. The summed E-state index contributed by atoms with van der Waals surface area (Å²) in [5.74, 6) is 0.263. The number of hydrogen-bond acceptors (Lipinski definition) is 4. The van der Waals surface area contributed by atoms with E-state index in [9.17, 15) is 20.0 Å². The number of urea groups is 1. The molecule has 0 saturated heterocycles. The average Bonchev–Trinajstić information content (AvgIpc) is 2.61. The topological polar surface area (TPSA) is 104 Å². The lowest BCUT2D eigenvalue weighted by Gasteiger charge is -2.28. The number of amides is 2. The fraction of sp³-hybridized carbons (Fsp3) is 0.435. The van der Waals surface area contributed by atoms with Gasteiger partial charge in [-0.2, -0.15) is 0 Å². The fourth-order valence-electron chi connectivity index (χ4n) is 3.13. The van der Waals surface area contributed by atoms with E-state index in [1.165, 1.54) is 12.1 Å². The number of benzene rings is 2. The van der Waals surface area contributed by atoms with E-state index in [4.69, 9.17) is 0 Å². The summed E-state index contributed by atoms with van der Waals surface area (Å²) < 4.78 is 0. The second-order valence-corrected chi connectivity index (χ2v) is 9.47. The number of non-ortho nitro benzene ring substituents is 1. The summed E-state index contributed by atoms with van der Waals surface area (Å²) in [6, 6.07) is 9.54. The monoisotopic (exact) mass is 413 g/mol. The number of anilines is 1. The van der Waals surface area contributed by atoms with Crippen molar-refractivity contribution < 1.29 is 14.8 Å². The van der Waals surface area contributed by atoms with Gasteiger partial charge in [0, 0.05) is 35.5 Å². The number of hydrogen-bond donors (Lipinski definition) is 3. The zero-order valence-corrected chi connectivity index (χ0v) is 18.5.